The Hall–Kier alpha value is -4.09. The molecule has 1 amide bonds. The van der Waals surface area contributed by atoms with Crippen LogP contribution in [0.15, 0.2) is 34.7 Å². The highest BCUT2D eigenvalue weighted by molar-refractivity contribution is 5.95. The van der Waals surface area contributed by atoms with Gasteiger partial charge in [-0.3, -0.25) is 4.79 Å². The van der Waals surface area contributed by atoms with Crippen molar-refractivity contribution >= 4 is 11.6 Å². The second-order valence-electron chi connectivity index (χ2n) is 9.28. The number of halogens is 9. The number of nitrogens with zero attached hydrogens (tertiary/aromatic N) is 4. The van der Waals surface area contributed by atoms with Gasteiger partial charge in [0, 0.05) is 18.7 Å². The van der Waals surface area contributed by atoms with E-state index in [2.05, 4.69) is 19.9 Å². The van der Waals surface area contributed by atoms with Crippen LogP contribution in [0.3, 0.4) is 0 Å². The maximum atomic E-state index is 14.0. The predicted octanol–water partition coefficient (Wildman–Crippen LogP) is 5.60. The highest BCUT2D eigenvalue weighted by atomic mass is 19.4. The van der Waals surface area contributed by atoms with Gasteiger partial charge in [-0.25, -0.2) is 4.98 Å². The first kappa shape index (κ1) is 30.9. The van der Waals surface area contributed by atoms with Gasteiger partial charge in [0.15, 0.2) is 5.69 Å². The third kappa shape index (κ3) is 6.37. The molecule has 0 spiro atoms. The van der Waals surface area contributed by atoms with E-state index >= 15 is 0 Å². The van der Waals surface area contributed by atoms with E-state index < -0.39 is 89.9 Å². The predicted molar refractivity (Wildman–Crippen MR) is 123 cm³/mol. The first-order valence-electron chi connectivity index (χ1n) is 12.0. The zero-order valence-electron chi connectivity index (χ0n) is 21.1. The fourth-order valence-electron chi connectivity index (χ4n) is 4.26. The first-order valence-corrected chi connectivity index (χ1v) is 12.0. The van der Waals surface area contributed by atoms with Gasteiger partial charge >= 0.3 is 18.7 Å². The average molecular weight is 613 g/mol. The van der Waals surface area contributed by atoms with E-state index in [1.807, 2.05) is 0 Å². The molecule has 18 heteroatoms. The minimum Gasteiger partial charge on any atom is -0.416 e. The third-order valence-electron chi connectivity index (χ3n) is 6.32. The van der Waals surface area contributed by atoms with Gasteiger partial charge in [-0.2, -0.15) is 26.3 Å². The second kappa shape index (κ2) is 11.0. The van der Waals surface area contributed by atoms with Crippen molar-refractivity contribution in [1.82, 2.24) is 20.1 Å². The molecule has 3 heterocycles. The molecule has 0 saturated carbocycles. The Morgan fingerprint density at radius 2 is 1.69 bits per heavy atom. The summed E-state index contributed by atoms with van der Waals surface area (Å²) >= 11 is 0. The fourth-order valence-corrected chi connectivity index (χ4v) is 4.26. The van der Waals surface area contributed by atoms with E-state index in [0.29, 0.717) is 6.07 Å². The summed E-state index contributed by atoms with van der Waals surface area (Å²) in [6.07, 6.45) is -17.2. The number of amides is 1. The van der Waals surface area contributed by atoms with E-state index in [1.54, 1.807) is 0 Å². The summed E-state index contributed by atoms with van der Waals surface area (Å²) in [4.78, 5) is 17.9. The SMILES string of the molecule is Nc1cc(C(F)(F)F)c2nc1-c1nnc(o1)[C@@](O)(C(F)(F)F)CCCCCN(Cc1ccccc1OC(F)(F)F)C2=O. The van der Waals surface area contributed by atoms with Crippen LogP contribution in [0.4, 0.5) is 45.2 Å². The molecule has 2 aromatic heterocycles. The molecule has 9 nitrogen and oxygen atoms in total. The van der Waals surface area contributed by atoms with Crippen LogP contribution >= 0.6 is 0 Å². The number of nitrogen functional groups attached to an aromatic ring is 1. The number of pyridine rings is 1. The Labute approximate surface area is 230 Å². The Kier molecular flexibility index (Phi) is 8.05. The summed E-state index contributed by atoms with van der Waals surface area (Å²) in [6.45, 7) is -1.11. The quantitative estimate of drug-likeness (QED) is 0.366. The van der Waals surface area contributed by atoms with Gasteiger partial charge in [0.25, 0.3) is 17.7 Å². The van der Waals surface area contributed by atoms with Gasteiger partial charge in [0.2, 0.25) is 5.60 Å². The Morgan fingerprint density at radius 3 is 2.33 bits per heavy atom. The van der Waals surface area contributed by atoms with Gasteiger partial charge < -0.3 is 24.9 Å². The van der Waals surface area contributed by atoms with Crippen LogP contribution in [0.25, 0.3) is 11.6 Å². The van der Waals surface area contributed by atoms with Crippen molar-refractivity contribution in [2.24, 2.45) is 0 Å². The number of para-hydroxylation sites is 1. The van der Waals surface area contributed by atoms with Gasteiger partial charge in [0.05, 0.1) is 11.3 Å². The molecule has 1 aliphatic rings. The zero-order chi connectivity index (χ0) is 31.1. The highest BCUT2D eigenvalue weighted by Crippen LogP contribution is 2.44. The molecule has 0 radical (unpaired) electrons. The summed E-state index contributed by atoms with van der Waals surface area (Å²) in [6, 6.07) is 4.88. The number of hydrogen-bond acceptors (Lipinski definition) is 8. The molecule has 42 heavy (non-hydrogen) atoms. The van der Waals surface area contributed by atoms with Crippen LogP contribution in [0.1, 0.15) is 53.2 Å². The van der Waals surface area contributed by atoms with E-state index in [9.17, 15) is 49.4 Å². The van der Waals surface area contributed by atoms with Gasteiger partial charge in [0.1, 0.15) is 11.4 Å². The summed E-state index contributed by atoms with van der Waals surface area (Å²) in [7, 11) is 0. The van der Waals surface area contributed by atoms with Crippen molar-refractivity contribution < 1.29 is 58.6 Å². The normalized spacial score (nSPS) is 19.0. The number of alkyl halides is 9. The largest absolute Gasteiger partial charge is 0.573 e. The van der Waals surface area contributed by atoms with Gasteiger partial charge in [-0.15, -0.1) is 23.4 Å². The molecule has 3 aromatic rings. The molecule has 3 N–H and O–H groups in total. The molecule has 1 atom stereocenters. The van der Waals surface area contributed by atoms with Crippen LogP contribution in [0.5, 0.6) is 5.75 Å². The van der Waals surface area contributed by atoms with Crippen molar-refractivity contribution in [2.45, 2.75) is 56.5 Å². The number of aliphatic hydroxyl groups is 1. The Bertz CT molecular complexity index is 1460. The van der Waals surface area contributed by atoms with Gasteiger partial charge in [-0.1, -0.05) is 24.6 Å². The van der Waals surface area contributed by atoms with Crippen molar-refractivity contribution in [1.29, 1.82) is 0 Å². The van der Waals surface area contributed by atoms with Gasteiger partial charge in [-0.05, 0) is 31.4 Å². The summed E-state index contributed by atoms with van der Waals surface area (Å²) in [5.74, 6) is -4.33. The molecule has 0 unspecified atom stereocenters. The molecule has 0 aliphatic carbocycles. The number of anilines is 1. The van der Waals surface area contributed by atoms with E-state index in [4.69, 9.17) is 10.2 Å². The average Bonchev–Trinajstić information content (AvgIpc) is 3.36. The minimum atomic E-state index is -5.30. The zero-order valence-corrected chi connectivity index (χ0v) is 21.1. The number of fused-ring (bicyclic) bond motifs is 5. The lowest BCUT2D eigenvalue weighted by atomic mass is 9.95. The second-order valence-corrected chi connectivity index (χ2v) is 9.28. The van der Waals surface area contributed by atoms with E-state index in [1.165, 1.54) is 12.1 Å². The maximum absolute atomic E-state index is 14.0. The molecular weight excluding hydrogens is 593 g/mol. The lowest BCUT2D eigenvalue weighted by molar-refractivity contribution is -0.277. The Balaban J connectivity index is 1.86. The van der Waals surface area contributed by atoms with Crippen molar-refractivity contribution in [3.05, 3.63) is 53.0 Å². The number of benzene rings is 1. The van der Waals surface area contributed by atoms with Crippen molar-refractivity contribution in [2.75, 3.05) is 12.3 Å². The lowest BCUT2D eigenvalue weighted by Gasteiger charge is -2.28. The van der Waals surface area contributed by atoms with Crippen LogP contribution in [-0.4, -0.2) is 50.2 Å². The number of nitrogens with two attached hydrogens (primary N) is 1. The molecule has 0 fully saturated rings. The molecule has 1 aromatic carbocycles. The minimum absolute atomic E-state index is 0.101. The molecule has 1 aliphatic heterocycles. The summed E-state index contributed by atoms with van der Waals surface area (Å²) in [5.41, 5.74) is -2.67. The van der Waals surface area contributed by atoms with E-state index in [-0.39, 0.29) is 24.8 Å². The molecule has 4 bridgehead atoms. The highest BCUT2D eigenvalue weighted by Gasteiger charge is 2.58. The molecular formula is C24H20F9N5O4. The maximum Gasteiger partial charge on any atom is 0.573 e. The number of hydrogen-bond donors (Lipinski definition) is 2. The first-order chi connectivity index (χ1) is 19.4. The summed E-state index contributed by atoms with van der Waals surface area (Å²) in [5, 5.41) is 17.1. The molecule has 228 valence electrons. The van der Waals surface area contributed by atoms with Crippen LogP contribution in [0, 0.1) is 0 Å². The number of carbonyl (C=O) groups is 1. The molecule has 4 rings (SSSR count). The van der Waals surface area contributed by atoms with Crippen molar-refractivity contribution in [3.8, 4) is 17.3 Å². The number of carbonyl (C=O) groups excluding carboxylic acids is 1. The Morgan fingerprint density at radius 1 is 1.00 bits per heavy atom. The van der Waals surface area contributed by atoms with Crippen LogP contribution in [-0.2, 0) is 18.3 Å². The van der Waals surface area contributed by atoms with Crippen LogP contribution < -0.4 is 10.5 Å². The van der Waals surface area contributed by atoms with E-state index in [0.717, 1.165) is 17.0 Å². The number of ether oxygens (including phenoxy) is 1. The topological polar surface area (TPSA) is 128 Å². The third-order valence-corrected chi connectivity index (χ3v) is 6.32. The molecule has 0 saturated heterocycles. The standard InChI is InChI=1S/C24H20F9N5O4/c25-22(26,27)13-10-14(34)17-18-36-37-20(41-18)21(40,23(28,29)30)8-4-1-5-9-38(19(39)16(13)35-17)11-12-6-2-3-7-15(12)42-24(31,32)33/h2-3,6-7,10,40H,1,4-5,8-9,11,34H2/t21-/m1/s1. The van der Waals surface area contributed by atoms with Crippen molar-refractivity contribution in [3.63, 3.8) is 0 Å². The number of rotatable bonds is 3. The number of aromatic nitrogens is 3. The summed E-state index contributed by atoms with van der Waals surface area (Å²) < 4.78 is 131. The van der Waals surface area contributed by atoms with Crippen LogP contribution in [0.2, 0.25) is 0 Å². The monoisotopic (exact) mass is 613 g/mol. The fraction of sp³-hybridized carbons (Fsp3) is 0.417. The lowest BCUT2D eigenvalue weighted by Crippen LogP contribution is -2.42. The smallest absolute Gasteiger partial charge is 0.416 e.